The first-order valence-electron chi connectivity index (χ1n) is 5.21. The minimum Gasteiger partial charge on any atom is -0.544 e. The Morgan fingerprint density at radius 3 is 2.15 bits per heavy atom. The maximum Gasteiger partial charge on any atom is 0.126 e. The van der Waals surface area contributed by atoms with Gasteiger partial charge in [0.15, 0.2) is 0 Å². The SMILES string of the molecule is CC(C(=O)[O-])[N+]12CCC(CC1)CC2. The van der Waals surface area contributed by atoms with Crippen LogP contribution in [0.4, 0.5) is 0 Å². The molecule has 0 aromatic heterocycles. The lowest BCUT2D eigenvalue weighted by atomic mass is 9.84. The predicted octanol–water partition coefficient (Wildman–Crippen LogP) is -0.245. The van der Waals surface area contributed by atoms with Gasteiger partial charge in [0, 0.05) is 0 Å². The second kappa shape index (κ2) is 2.98. The number of quaternary nitrogens is 1. The van der Waals surface area contributed by atoms with Gasteiger partial charge in [-0.15, -0.1) is 0 Å². The summed E-state index contributed by atoms with van der Waals surface area (Å²) in [4.78, 5) is 10.9. The van der Waals surface area contributed by atoms with Gasteiger partial charge in [0.2, 0.25) is 0 Å². The molecule has 0 aromatic carbocycles. The Bertz CT molecular complexity index is 205. The van der Waals surface area contributed by atoms with Gasteiger partial charge in [-0.05, 0) is 32.1 Å². The van der Waals surface area contributed by atoms with Crippen molar-refractivity contribution in [2.75, 3.05) is 19.6 Å². The number of carboxylic acid groups (broad SMARTS) is 1. The van der Waals surface area contributed by atoms with Crippen LogP contribution in [-0.2, 0) is 4.79 Å². The normalized spacial score (nSPS) is 40.2. The molecule has 0 radical (unpaired) electrons. The molecule has 0 saturated carbocycles. The van der Waals surface area contributed by atoms with Gasteiger partial charge in [-0.25, -0.2) is 0 Å². The van der Waals surface area contributed by atoms with Crippen molar-refractivity contribution in [3.05, 3.63) is 0 Å². The zero-order valence-corrected chi connectivity index (χ0v) is 8.16. The maximum absolute atomic E-state index is 10.9. The Morgan fingerprint density at radius 2 is 1.77 bits per heavy atom. The van der Waals surface area contributed by atoms with Crippen LogP contribution in [0.2, 0.25) is 0 Å². The van der Waals surface area contributed by atoms with E-state index in [4.69, 9.17) is 0 Å². The van der Waals surface area contributed by atoms with Gasteiger partial charge < -0.3 is 14.4 Å². The average molecular weight is 183 g/mol. The topological polar surface area (TPSA) is 40.1 Å². The summed E-state index contributed by atoms with van der Waals surface area (Å²) in [6.45, 7) is 4.97. The molecule has 13 heavy (non-hydrogen) atoms. The average Bonchev–Trinajstić information content (AvgIpc) is 2.19. The van der Waals surface area contributed by atoms with E-state index in [9.17, 15) is 9.90 Å². The van der Waals surface area contributed by atoms with Crippen molar-refractivity contribution >= 4 is 5.97 Å². The molecular formula is C10H17NO2. The maximum atomic E-state index is 10.9. The zero-order valence-electron chi connectivity index (χ0n) is 8.16. The van der Waals surface area contributed by atoms with E-state index in [0.29, 0.717) is 0 Å². The summed E-state index contributed by atoms with van der Waals surface area (Å²) in [6, 6.07) is -0.304. The highest BCUT2D eigenvalue weighted by Gasteiger charge is 2.43. The molecule has 0 aromatic rings. The second-order valence-electron chi connectivity index (χ2n) is 4.62. The minimum absolute atomic E-state index is 0.304. The number of carbonyl (C=O) groups excluding carboxylic acids is 1. The lowest BCUT2D eigenvalue weighted by Gasteiger charge is -2.52. The van der Waals surface area contributed by atoms with Crippen molar-refractivity contribution in [3.63, 3.8) is 0 Å². The number of carboxylic acids is 1. The van der Waals surface area contributed by atoms with Gasteiger partial charge in [-0.1, -0.05) is 0 Å². The third-order valence-corrected chi connectivity index (χ3v) is 4.11. The van der Waals surface area contributed by atoms with Gasteiger partial charge in [0.05, 0.1) is 25.6 Å². The Hall–Kier alpha value is -0.570. The molecule has 2 bridgehead atoms. The molecule has 3 rings (SSSR count). The molecule has 0 aliphatic carbocycles. The summed E-state index contributed by atoms with van der Waals surface area (Å²) in [6.07, 6.45) is 3.66. The summed E-state index contributed by atoms with van der Waals surface area (Å²) < 4.78 is 0.791. The van der Waals surface area contributed by atoms with Gasteiger partial charge in [-0.3, -0.25) is 0 Å². The Labute approximate surface area is 78.9 Å². The van der Waals surface area contributed by atoms with Gasteiger partial charge in [-0.2, -0.15) is 0 Å². The van der Waals surface area contributed by atoms with Crippen LogP contribution in [0.25, 0.3) is 0 Å². The van der Waals surface area contributed by atoms with Crippen LogP contribution in [0.15, 0.2) is 0 Å². The molecule has 0 spiro atoms. The molecular weight excluding hydrogens is 166 g/mol. The number of nitrogens with zero attached hydrogens (tertiary/aromatic N) is 1. The standard InChI is InChI=1S/C10H17NO2/c1-8(10(12)13)11-5-2-9(3-6-11)4-7-11/h8-9H,2-7H2,1H3. The quantitative estimate of drug-likeness (QED) is 0.554. The summed E-state index contributed by atoms with van der Waals surface area (Å²) >= 11 is 0. The lowest BCUT2D eigenvalue weighted by molar-refractivity contribution is -0.957. The van der Waals surface area contributed by atoms with E-state index in [1.807, 2.05) is 0 Å². The molecule has 3 heteroatoms. The summed E-state index contributed by atoms with van der Waals surface area (Å²) in [5.74, 6) is 0.00861. The smallest absolute Gasteiger partial charge is 0.126 e. The molecule has 74 valence electrons. The highest BCUT2D eigenvalue weighted by atomic mass is 16.4. The number of piperidine rings is 3. The molecule has 0 amide bonds. The number of rotatable bonds is 2. The van der Waals surface area contributed by atoms with Crippen LogP contribution < -0.4 is 5.11 Å². The summed E-state index contributed by atoms with van der Waals surface area (Å²) in [5.41, 5.74) is 0. The molecule has 3 aliphatic heterocycles. The van der Waals surface area contributed by atoms with Crippen molar-refractivity contribution in [1.82, 2.24) is 0 Å². The highest BCUT2D eigenvalue weighted by Crippen LogP contribution is 2.35. The molecule has 3 saturated heterocycles. The van der Waals surface area contributed by atoms with E-state index in [-0.39, 0.29) is 6.04 Å². The van der Waals surface area contributed by atoms with E-state index in [1.165, 1.54) is 19.3 Å². The molecule has 1 atom stereocenters. The fourth-order valence-corrected chi connectivity index (χ4v) is 2.89. The fraction of sp³-hybridized carbons (Fsp3) is 0.900. The largest absolute Gasteiger partial charge is 0.544 e. The van der Waals surface area contributed by atoms with Crippen LogP contribution in [0, 0.1) is 5.92 Å². The van der Waals surface area contributed by atoms with Crippen molar-refractivity contribution < 1.29 is 14.4 Å². The summed E-state index contributed by atoms with van der Waals surface area (Å²) in [5, 5.41) is 10.9. The number of hydrogen-bond acceptors (Lipinski definition) is 2. The monoisotopic (exact) mass is 183 g/mol. The van der Waals surface area contributed by atoms with Crippen LogP contribution >= 0.6 is 0 Å². The first kappa shape index (κ1) is 9.00. The van der Waals surface area contributed by atoms with Crippen molar-refractivity contribution in [3.8, 4) is 0 Å². The zero-order chi connectivity index (χ0) is 9.47. The molecule has 3 heterocycles. The predicted molar refractivity (Wildman–Crippen MR) is 46.7 cm³/mol. The number of fused-ring (bicyclic) bond motifs is 3. The summed E-state index contributed by atoms with van der Waals surface area (Å²) in [7, 11) is 0. The van der Waals surface area contributed by atoms with E-state index in [2.05, 4.69) is 0 Å². The van der Waals surface area contributed by atoms with Crippen LogP contribution in [0.5, 0.6) is 0 Å². The molecule has 1 unspecified atom stereocenters. The fourth-order valence-electron chi connectivity index (χ4n) is 2.89. The van der Waals surface area contributed by atoms with E-state index < -0.39 is 5.97 Å². The minimum atomic E-state index is -0.875. The Kier molecular flexibility index (Phi) is 2.06. The van der Waals surface area contributed by atoms with Crippen molar-refractivity contribution in [1.29, 1.82) is 0 Å². The van der Waals surface area contributed by atoms with Crippen LogP contribution in [0.3, 0.4) is 0 Å². The van der Waals surface area contributed by atoms with E-state index in [1.54, 1.807) is 6.92 Å². The van der Waals surface area contributed by atoms with Gasteiger partial charge in [0.1, 0.15) is 6.04 Å². The molecule has 0 N–H and O–H groups in total. The Morgan fingerprint density at radius 1 is 1.31 bits per heavy atom. The lowest BCUT2D eigenvalue weighted by Crippen LogP contribution is -2.66. The van der Waals surface area contributed by atoms with E-state index in [0.717, 1.165) is 30.0 Å². The van der Waals surface area contributed by atoms with Crippen molar-refractivity contribution in [2.45, 2.75) is 32.2 Å². The third kappa shape index (κ3) is 1.35. The number of aliphatic carboxylic acids is 1. The third-order valence-electron chi connectivity index (χ3n) is 4.11. The highest BCUT2D eigenvalue weighted by molar-refractivity contribution is 5.69. The molecule has 3 aliphatic rings. The second-order valence-corrected chi connectivity index (χ2v) is 4.62. The molecule has 3 nitrogen and oxygen atoms in total. The van der Waals surface area contributed by atoms with Crippen molar-refractivity contribution in [2.24, 2.45) is 5.92 Å². The van der Waals surface area contributed by atoms with Crippen LogP contribution in [0.1, 0.15) is 26.2 Å². The first-order valence-corrected chi connectivity index (χ1v) is 5.21. The van der Waals surface area contributed by atoms with E-state index >= 15 is 0 Å². The van der Waals surface area contributed by atoms with Gasteiger partial charge in [0.25, 0.3) is 0 Å². The Balaban J connectivity index is 2.14. The van der Waals surface area contributed by atoms with Crippen LogP contribution in [-0.4, -0.2) is 36.1 Å². The first-order chi connectivity index (χ1) is 6.14. The van der Waals surface area contributed by atoms with Gasteiger partial charge >= 0.3 is 0 Å². The number of hydrogen-bond donors (Lipinski definition) is 0. The number of carbonyl (C=O) groups is 1. The molecule has 3 fully saturated rings.